The van der Waals surface area contributed by atoms with Gasteiger partial charge in [-0.15, -0.1) is 0 Å². The van der Waals surface area contributed by atoms with Crippen molar-refractivity contribution in [3.05, 3.63) is 21.3 Å². The Morgan fingerprint density at radius 2 is 1.42 bits per heavy atom. The topological polar surface area (TPSA) is 25.8 Å². The van der Waals surface area contributed by atoms with Crippen LogP contribution in [-0.4, -0.2) is 9.97 Å². The van der Waals surface area contributed by atoms with Gasteiger partial charge in [-0.1, -0.05) is 41.5 Å². The van der Waals surface area contributed by atoms with Crippen LogP contribution >= 0.6 is 22.6 Å². The van der Waals surface area contributed by atoms with Crippen molar-refractivity contribution in [2.45, 2.75) is 78.1 Å². The molecule has 0 aliphatic rings. The van der Waals surface area contributed by atoms with Crippen LogP contribution in [0.3, 0.4) is 0 Å². The number of nitrogens with zero attached hydrogens (tertiary/aromatic N) is 2. The minimum absolute atomic E-state index is 0.157. The fraction of sp³-hybridized carbons (Fsp3) is 0.750. The maximum Gasteiger partial charge on any atom is 0.190 e. The van der Waals surface area contributed by atoms with E-state index in [0.717, 1.165) is 29.5 Å². The second-order valence-corrected chi connectivity index (χ2v) is 6.90. The first-order valence-corrected chi connectivity index (χ1v) is 8.48. The number of hydrogen-bond donors (Lipinski definition) is 0. The molecule has 0 aromatic carbocycles. The van der Waals surface area contributed by atoms with Crippen LogP contribution < -0.4 is 0 Å². The summed E-state index contributed by atoms with van der Waals surface area (Å²) in [5, 5.41) is 0. The van der Waals surface area contributed by atoms with E-state index in [4.69, 9.17) is 4.98 Å². The molecule has 0 saturated heterocycles. The van der Waals surface area contributed by atoms with E-state index in [0.29, 0.717) is 0 Å². The Labute approximate surface area is 132 Å². The standard InChI is InChI=1S/C16H27IN2/c1-7-15(5,8-2)12-11-18-14(17)19-13(12)16(6,9-3)10-4/h11H,7-10H2,1-6H3. The van der Waals surface area contributed by atoms with Gasteiger partial charge in [0.25, 0.3) is 0 Å². The van der Waals surface area contributed by atoms with Gasteiger partial charge < -0.3 is 0 Å². The maximum atomic E-state index is 4.82. The molecule has 1 aromatic rings. The highest BCUT2D eigenvalue weighted by atomic mass is 127. The van der Waals surface area contributed by atoms with Crippen LogP contribution in [0.1, 0.15) is 78.5 Å². The molecule has 0 fully saturated rings. The SMILES string of the molecule is CCC(C)(CC)c1cnc(I)nc1C(C)(CC)CC. The molecule has 0 N–H and O–H groups in total. The second-order valence-electron chi connectivity index (χ2n) is 5.94. The molecule has 1 heterocycles. The molecule has 1 aromatic heterocycles. The van der Waals surface area contributed by atoms with Gasteiger partial charge in [-0.2, -0.15) is 0 Å². The van der Waals surface area contributed by atoms with Crippen LogP contribution in [0.25, 0.3) is 0 Å². The summed E-state index contributed by atoms with van der Waals surface area (Å²) in [7, 11) is 0. The van der Waals surface area contributed by atoms with Crippen LogP contribution in [0.5, 0.6) is 0 Å². The molecule has 0 unspecified atom stereocenters. The van der Waals surface area contributed by atoms with Crippen LogP contribution in [0.15, 0.2) is 6.20 Å². The normalized spacial score (nSPS) is 12.8. The summed E-state index contributed by atoms with van der Waals surface area (Å²) in [6.07, 6.45) is 6.56. The number of aromatic nitrogens is 2. The summed E-state index contributed by atoms with van der Waals surface area (Å²) < 4.78 is 0.860. The molecule has 1 rings (SSSR count). The molecule has 0 radical (unpaired) electrons. The Bertz CT molecular complexity index is 421. The zero-order chi connectivity index (χ0) is 14.7. The van der Waals surface area contributed by atoms with E-state index < -0.39 is 0 Å². The largest absolute Gasteiger partial charge is 0.231 e. The number of hydrogen-bond acceptors (Lipinski definition) is 2. The molecule has 2 nitrogen and oxygen atoms in total. The Morgan fingerprint density at radius 3 is 1.84 bits per heavy atom. The Hall–Kier alpha value is -0.190. The van der Waals surface area contributed by atoms with Crippen molar-refractivity contribution in [2.75, 3.05) is 0 Å². The summed E-state index contributed by atoms with van der Waals surface area (Å²) >= 11 is 2.22. The third-order valence-corrected chi connectivity index (χ3v) is 5.62. The lowest BCUT2D eigenvalue weighted by atomic mass is 9.71. The van der Waals surface area contributed by atoms with Gasteiger partial charge in [0, 0.05) is 34.2 Å². The van der Waals surface area contributed by atoms with Crippen LogP contribution in [0.2, 0.25) is 0 Å². The molecule has 3 heteroatoms. The van der Waals surface area contributed by atoms with Gasteiger partial charge in [0.2, 0.25) is 0 Å². The summed E-state index contributed by atoms with van der Waals surface area (Å²) in [5.74, 6) is 0. The lowest BCUT2D eigenvalue weighted by molar-refractivity contribution is 0.380. The minimum Gasteiger partial charge on any atom is -0.231 e. The number of halogens is 1. The van der Waals surface area contributed by atoms with Crippen molar-refractivity contribution in [2.24, 2.45) is 0 Å². The van der Waals surface area contributed by atoms with Crippen molar-refractivity contribution in [1.82, 2.24) is 9.97 Å². The van der Waals surface area contributed by atoms with Gasteiger partial charge in [-0.05, 0) is 36.7 Å². The van der Waals surface area contributed by atoms with Crippen molar-refractivity contribution in [3.8, 4) is 0 Å². The average Bonchev–Trinajstić information content (AvgIpc) is 2.45. The predicted molar refractivity (Wildman–Crippen MR) is 90.6 cm³/mol. The summed E-state index contributed by atoms with van der Waals surface area (Å²) in [6.45, 7) is 13.7. The minimum atomic E-state index is 0.157. The molecule has 19 heavy (non-hydrogen) atoms. The van der Waals surface area contributed by atoms with E-state index in [2.05, 4.69) is 75.3 Å². The fourth-order valence-electron chi connectivity index (χ4n) is 2.48. The molecular formula is C16H27IN2. The van der Waals surface area contributed by atoms with Crippen molar-refractivity contribution in [3.63, 3.8) is 0 Å². The van der Waals surface area contributed by atoms with Gasteiger partial charge >= 0.3 is 0 Å². The van der Waals surface area contributed by atoms with Crippen LogP contribution in [0.4, 0.5) is 0 Å². The van der Waals surface area contributed by atoms with Gasteiger partial charge in [-0.25, -0.2) is 9.97 Å². The second kappa shape index (κ2) is 6.51. The lowest BCUT2D eigenvalue weighted by Crippen LogP contribution is -2.31. The first-order chi connectivity index (χ1) is 8.86. The molecule has 0 amide bonds. The molecule has 0 aliphatic heterocycles. The van der Waals surface area contributed by atoms with Gasteiger partial charge in [0.05, 0.1) is 5.69 Å². The molecule has 0 atom stereocenters. The Kier molecular flexibility index (Phi) is 5.78. The first kappa shape index (κ1) is 16.9. The van der Waals surface area contributed by atoms with E-state index in [1.54, 1.807) is 0 Å². The number of rotatable bonds is 6. The average molecular weight is 374 g/mol. The van der Waals surface area contributed by atoms with E-state index in [-0.39, 0.29) is 10.8 Å². The Morgan fingerprint density at radius 1 is 0.947 bits per heavy atom. The highest BCUT2D eigenvalue weighted by molar-refractivity contribution is 14.1. The van der Waals surface area contributed by atoms with Crippen LogP contribution in [-0.2, 0) is 10.8 Å². The summed E-state index contributed by atoms with van der Waals surface area (Å²) in [6, 6.07) is 0. The lowest BCUT2D eigenvalue weighted by Gasteiger charge is -2.35. The zero-order valence-corrected chi connectivity index (χ0v) is 15.3. The van der Waals surface area contributed by atoms with E-state index in [1.807, 2.05) is 0 Å². The molecule has 0 saturated carbocycles. The van der Waals surface area contributed by atoms with Gasteiger partial charge in [0.15, 0.2) is 3.83 Å². The highest BCUT2D eigenvalue weighted by Gasteiger charge is 2.34. The smallest absolute Gasteiger partial charge is 0.190 e. The fourth-order valence-corrected chi connectivity index (χ4v) is 2.86. The highest BCUT2D eigenvalue weighted by Crippen LogP contribution is 2.39. The molecule has 0 spiro atoms. The third-order valence-electron chi connectivity index (χ3n) is 5.10. The Balaban J connectivity index is 3.50. The molecule has 0 aliphatic carbocycles. The summed E-state index contributed by atoms with van der Waals surface area (Å²) in [4.78, 5) is 9.28. The molecular weight excluding hydrogens is 347 g/mol. The van der Waals surface area contributed by atoms with Crippen molar-refractivity contribution >= 4 is 22.6 Å². The summed E-state index contributed by atoms with van der Waals surface area (Å²) in [5.41, 5.74) is 2.96. The quantitative estimate of drug-likeness (QED) is 0.503. The van der Waals surface area contributed by atoms with Crippen LogP contribution in [0, 0.1) is 3.83 Å². The van der Waals surface area contributed by atoms with E-state index in [9.17, 15) is 0 Å². The first-order valence-electron chi connectivity index (χ1n) is 7.40. The van der Waals surface area contributed by atoms with Crippen molar-refractivity contribution in [1.29, 1.82) is 0 Å². The third kappa shape index (κ3) is 3.29. The monoisotopic (exact) mass is 374 g/mol. The van der Waals surface area contributed by atoms with Gasteiger partial charge in [-0.3, -0.25) is 0 Å². The van der Waals surface area contributed by atoms with E-state index >= 15 is 0 Å². The predicted octanol–water partition coefficient (Wildman–Crippen LogP) is 5.24. The molecule has 0 bridgehead atoms. The zero-order valence-electron chi connectivity index (χ0n) is 13.2. The van der Waals surface area contributed by atoms with Crippen molar-refractivity contribution < 1.29 is 0 Å². The molecule has 108 valence electrons. The maximum absolute atomic E-state index is 4.82. The van der Waals surface area contributed by atoms with E-state index in [1.165, 1.54) is 11.3 Å². The van der Waals surface area contributed by atoms with Gasteiger partial charge in [0.1, 0.15) is 0 Å².